The monoisotopic (exact) mass is 536 g/mol. The van der Waals surface area contributed by atoms with Gasteiger partial charge >= 0.3 is 0 Å². The summed E-state index contributed by atoms with van der Waals surface area (Å²) in [5.74, 6) is 0. The second-order valence-electron chi connectivity index (χ2n) is 11.0. The number of rotatable bonds is 3. The molecule has 0 nitrogen and oxygen atoms in total. The van der Waals surface area contributed by atoms with Crippen LogP contribution < -0.4 is 0 Å². The van der Waals surface area contributed by atoms with Crippen molar-refractivity contribution in [3.8, 4) is 33.4 Å². The third kappa shape index (κ3) is 4.62. The predicted molar refractivity (Wildman–Crippen MR) is 182 cm³/mol. The Balaban J connectivity index is 1.46. The maximum atomic E-state index is 2.30. The maximum absolute atomic E-state index is 2.30. The molecule has 0 heterocycles. The maximum Gasteiger partial charge on any atom is -0.00264 e. The Kier molecular flexibility index (Phi) is 6.74. The first-order valence-corrected chi connectivity index (χ1v) is 14.6. The third-order valence-electron chi connectivity index (χ3n) is 8.34. The van der Waals surface area contributed by atoms with E-state index in [0.717, 1.165) is 0 Å². The van der Waals surface area contributed by atoms with Crippen LogP contribution in [0.4, 0.5) is 0 Å². The molecule has 200 valence electrons. The summed E-state index contributed by atoms with van der Waals surface area (Å²) in [4.78, 5) is 0. The van der Waals surface area contributed by atoms with E-state index in [4.69, 9.17) is 0 Å². The molecular weight excluding hydrogens is 504 g/mol. The lowest BCUT2D eigenvalue weighted by molar-refractivity contribution is 1.49. The standard InChI is InChI=1S/C42H32/c1-29-13-5-3-4-6-14-32(23-21-29)41-37-17-9-11-19-39(37)42(40-20-12-10-18-38(40)41)33-26-24-31(25-27-33)35-28-22-30(2)34-15-7-8-16-36(34)35/h3-28H,1-2H3. The van der Waals surface area contributed by atoms with Crippen LogP contribution in [0, 0.1) is 13.8 Å². The zero-order valence-corrected chi connectivity index (χ0v) is 24.0. The van der Waals surface area contributed by atoms with Crippen molar-refractivity contribution in [2.75, 3.05) is 0 Å². The Morgan fingerprint density at radius 1 is 0.286 bits per heavy atom. The van der Waals surface area contributed by atoms with Crippen molar-refractivity contribution in [2.24, 2.45) is 0 Å². The lowest BCUT2D eigenvalue weighted by Crippen LogP contribution is -1.91. The summed E-state index contributed by atoms with van der Waals surface area (Å²) in [6, 6.07) is 57.3. The molecule has 0 saturated heterocycles. The molecule has 0 bridgehead atoms. The van der Waals surface area contributed by atoms with Gasteiger partial charge < -0.3 is 0 Å². The molecule has 0 radical (unpaired) electrons. The van der Waals surface area contributed by atoms with Crippen LogP contribution in [-0.2, 0) is 0 Å². The minimum Gasteiger partial charge on any atom is -0.0623 e. The van der Waals surface area contributed by atoms with Crippen molar-refractivity contribution < 1.29 is 0 Å². The first-order chi connectivity index (χ1) is 20.7. The van der Waals surface area contributed by atoms with Gasteiger partial charge in [-0.2, -0.15) is 0 Å². The molecule has 0 aliphatic carbocycles. The highest BCUT2D eigenvalue weighted by Gasteiger charge is 2.16. The molecule has 42 heavy (non-hydrogen) atoms. The van der Waals surface area contributed by atoms with E-state index in [2.05, 4.69) is 172 Å². The van der Waals surface area contributed by atoms with E-state index in [1.54, 1.807) is 0 Å². The minimum absolute atomic E-state index is 1.20. The zero-order chi connectivity index (χ0) is 28.5. The Labute approximate surface area is 247 Å². The van der Waals surface area contributed by atoms with Crippen LogP contribution in [0.2, 0.25) is 0 Å². The summed E-state index contributed by atoms with van der Waals surface area (Å²) in [5, 5.41) is 7.67. The molecule has 0 amide bonds. The molecular formula is C42H32. The van der Waals surface area contributed by atoms with E-state index >= 15 is 0 Å². The second-order valence-corrected chi connectivity index (χ2v) is 11.0. The van der Waals surface area contributed by atoms with E-state index < -0.39 is 0 Å². The summed E-state index contributed by atoms with van der Waals surface area (Å²) in [6.45, 7) is 4.33. The summed E-state index contributed by atoms with van der Waals surface area (Å²) in [7, 11) is 0. The summed E-state index contributed by atoms with van der Waals surface area (Å²) < 4.78 is 0. The van der Waals surface area contributed by atoms with E-state index in [9.17, 15) is 0 Å². The third-order valence-corrected chi connectivity index (χ3v) is 8.34. The van der Waals surface area contributed by atoms with Crippen molar-refractivity contribution >= 4 is 32.3 Å². The fourth-order valence-electron chi connectivity index (χ4n) is 6.26. The number of benzene rings is 6. The van der Waals surface area contributed by atoms with Gasteiger partial charge in [-0.3, -0.25) is 0 Å². The molecule has 0 N–H and O–H groups in total. The van der Waals surface area contributed by atoms with E-state index in [-0.39, 0.29) is 0 Å². The topological polar surface area (TPSA) is 0 Å². The van der Waals surface area contributed by atoms with Crippen molar-refractivity contribution in [1.29, 1.82) is 0 Å². The van der Waals surface area contributed by atoms with Crippen LogP contribution in [-0.4, -0.2) is 0 Å². The molecule has 0 aliphatic heterocycles. The SMILES string of the molecule is Cc1ccccccc(-c2c3ccccc3c(-c3ccc(-c4ccc(C)c5ccccc45)cc3)c3ccccc23)cc1. The van der Waals surface area contributed by atoms with Crippen LogP contribution in [0.25, 0.3) is 65.7 Å². The predicted octanol–water partition coefficient (Wildman–Crippen LogP) is 11.9. The Bertz CT molecular complexity index is 2090. The molecule has 0 spiro atoms. The van der Waals surface area contributed by atoms with Crippen LogP contribution in [0.1, 0.15) is 11.1 Å². The van der Waals surface area contributed by atoms with Gasteiger partial charge in [0, 0.05) is 0 Å². The van der Waals surface area contributed by atoms with Gasteiger partial charge in [0.15, 0.2) is 0 Å². The highest BCUT2D eigenvalue weighted by atomic mass is 14.2. The Hall–Kier alpha value is -5.20. The van der Waals surface area contributed by atoms with Gasteiger partial charge in [0.1, 0.15) is 0 Å². The smallest absolute Gasteiger partial charge is 0.00264 e. The van der Waals surface area contributed by atoms with Gasteiger partial charge in [-0.1, -0.05) is 163 Å². The molecule has 7 aromatic rings. The second kappa shape index (κ2) is 11.0. The van der Waals surface area contributed by atoms with E-state index in [1.807, 2.05) is 0 Å². The van der Waals surface area contributed by atoms with Crippen molar-refractivity contribution in [3.63, 3.8) is 0 Å². The Morgan fingerprint density at radius 3 is 1.31 bits per heavy atom. The molecule has 0 unspecified atom stereocenters. The highest BCUT2D eigenvalue weighted by molar-refractivity contribution is 6.21. The van der Waals surface area contributed by atoms with Gasteiger partial charge in [-0.15, -0.1) is 0 Å². The minimum atomic E-state index is 1.20. The molecule has 7 rings (SSSR count). The van der Waals surface area contributed by atoms with Crippen LogP contribution >= 0.6 is 0 Å². The fourth-order valence-corrected chi connectivity index (χ4v) is 6.26. The highest BCUT2D eigenvalue weighted by Crippen LogP contribution is 2.44. The molecule has 0 aliphatic rings. The lowest BCUT2D eigenvalue weighted by atomic mass is 9.85. The van der Waals surface area contributed by atoms with Crippen LogP contribution in [0.3, 0.4) is 0 Å². The lowest BCUT2D eigenvalue weighted by Gasteiger charge is -2.18. The largest absolute Gasteiger partial charge is 0.0623 e. The Morgan fingerprint density at radius 2 is 0.714 bits per heavy atom. The summed E-state index contributed by atoms with van der Waals surface area (Å²) >= 11 is 0. The number of aryl methyl sites for hydroxylation is 2. The molecule has 0 atom stereocenters. The average molecular weight is 537 g/mol. The first kappa shape index (κ1) is 25.7. The van der Waals surface area contributed by atoms with Gasteiger partial charge in [-0.05, 0) is 85.1 Å². The zero-order valence-electron chi connectivity index (χ0n) is 24.0. The molecule has 0 heteroatoms. The van der Waals surface area contributed by atoms with Gasteiger partial charge in [0.2, 0.25) is 0 Å². The first-order valence-electron chi connectivity index (χ1n) is 14.6. The number of hydrogen-bond donors (Lipinski definition) is 0. The van der Waals surface area contributed by atoms with E-state index in [1.165, 1.54) is 76.8 Å². The number of hydrogen-bond acceptors (Lipinski definition) is 0. The normalized spacial score (nSPS) is 11.1. The quantitative estimate of drug-likeness (QED) is 0.197. The molecule has 0 aromatic heterocycles. The molecule has 0 saturated carbocycles. The molecule has 0 fully saturated rings. The van der Waals surface area contributed by atoms with Crippen LogP contribution in [0.15, 0.2) is 158 Å². The van der Waals surface area contributed by atoms with Gasteiger partial charge in [0.05, 0.1) is 0 Å². The van der Waals surface area contributed by atoms with Crippen molar-refractivity contribution in [2.45, 2.75) is 13.8 Å². The fraction of sp³-hybridized carbons (Fsp3) is 0.0476. The summed E-state index contributed by atoms with van der Waals surface area (Å²) in [6.07, 6.45) is 0. The van der Waals surface area contributed by atoms with E-state index in [0.29, 0.717) is 0 Å². The molecule has 7 aromatic carbocycles. The number of fused-ring (bicyclic) bond motifs is 3. The van der Waals surface area contributed by atoms with Crippen LogP contribution in [0.5, 0.6) is 0 Å². The van der Waals surface area contributed by atoms with Crippen molar-refractivity contribution in [3.05, 3.63) is 169 Å². The average Bonchev–Trinajstić information content (AvgIpc) is 3.04. The summed E-state index contributed by atoms with van der Waals surface area (Å²) in [5.41, 5.74) is 10.0. The van der Waals surface area contributed by atoms with Crippen molar-refractivity contribution in [1.82, 2.24) is 0 Å². The van der Waals surface area contributed by atoms with Gasteiger partial charge in [-0.25, -0.2) is 0 Å². The van der Waals surface area contributed by atoms with Gasteiger partial charge in [0.25, 0.3) is 0 Å².